The van der Waals surface area contributed by atoms with Crippen LogP contribution in [-0.4, -0.2) is 10.2 Å². The highest BCUT2D eigenvalue weighted by atomic mass is 35.5. The summed E-state index contributed by atoms with van der Waals surface area (Å²) in [5, 5.41) is 8.26. The average molecular weight is 244 g/mol. The number of hydrogen-bond donors (Lipinski definition) is 1. The number of anilines is 1. The fraction of sp³-hybridized carbons (Fsp3) is 0.600. The van der Waals surface area contributed by atoms with Gasteiger partial charge in [0.15, 0.2) is 0 Å². The van der Waals surface area contributed by atoms with Crippen LogP contribution >= 0.6 is 23.2 Å². The topological polar surface area (TPSA) is 51.8 Å². The molecule has 1 aromatic rings. The molecule has 15 heavy (non-hydrogen) atoms. The Kier molecular flexibility index (Phi) is 1.79. The number of nitrogens with two attached hydrogens (primary N) is 1. The second kappa shape index (κ2) is 2.77. The van der Waals surface area contributed by atoms with Crippen LogP contribution in [0.3, 0.4) is 0 Å². The summed E-state index contributed by atoms with van der Waals surface area (Å²) in [7, 11) is 0. The molecule has 0 radical (unpaired) electrons. The van der Waals surface area contributed by atoms with Gasteiger partial charge in [-0.15, -0.1) is 23.2 Å². The number of nitrogen functional groups attached to an aromatic ring is 1. The largest absolute Gasteiger partial charge is 0.397 e. The number of alkyl halides is 2. The lowest BCUT2D eigenvalue weighted by Crippen LogP contribution is -2.11. The highest BCUT2D eigenvalue weighted by molar-refractivity contribution is 6.26. The second-order valence-electron chi connectivity index (χ2n) is 4.46. The third kappa shape index (κ3) is 1.49. The first-order chi connectivity index (χ1) is 7.04. The van der Waals surface area contributed by atoms with E-state index in [0.717, 1.165) is 31.4 Å². The minimum absolute atomic E-state index is 0.303. The molecule has 2 saturated carbocycles. The van der Waals surface area contributed by atoms with Crippen LogP contribution in [0, 0.1) is 0 Å². The molecular weight excluding hydrogens is 233 g/mol. The first-order valence-electron chi connectivity index (χ1n) is 5.06. The molecule has 0 unspecified atom stereocenters. The monoisotopic (exact) mass is 243 g/mol. The van der Waals surface area contributed by atoms with E-state index in [9.17, 15) is 0 Å². The van der Waals surface area contributed by atoms with Gasteiger partial charge in [0.05, 0.1) is 21.1 Å². The van der Waals surface area contributed by atoms with Gasteiger partial charge in [-0.05, 0) is 31.7 Å². The van der Waals surface area contributed by atoms with Gasteiger partial charge in [0.2, 0.25) is 0 Å². The van der Waals surface area contributed by atoms with Crippen molar-refractivity contribution in [1.29, 1.82) is 0 Å². The van der Waals surface area contributed by atoms with Crippen molar-refractivity contribution < 1.29 is 0 Å². The van der Waals surface area contributed by atoms with Gasteiger partial charge in [-0.25, -0.2) is 0 Å². The quantitative estimate of drug-likeness (QED) is 0.813. The van der Waals surface area contributed by atoms with Crippen molar-refractivity contribution in [3.63, 3.8) is 0 Å². The number of aromatic nitrogens is 2. The third-order valence-electron chi connectivity index (χ3n) is 3.08. The van der Waals surface area contributed by atoms with Crippen LogP contribution in [0.2, 0.25) is 0 Å². The van der Waals surface area contributed by atoms with Crippen molar-refractivity contribution >= 4 is 28.9 Å². The van der Waals surface area contributed by atoms with Crippen LogP contribution < -0.4 is 5.73 Å². The Balaban J connectivity index is 2.00. The Bertz CT molecular complexity index is 425. The van der Waals surface area contributed by atoms with E-state index in [-0.39, 0.29) is 9.75 Å². The number of nitrogens with zero attached hydrogens (tertiary/aromatic N) is 2. The number of halogens is 2. The van der Waals surface area contributed by atoms with Crippen LogP contribution in [0.15, 0.2) is 6.07 Å². The van der Waals surface area contributed by atoms with Crippen molar-refractivity contribution in [2.45, 2.75) is 35.4 Å². The molecule has 3 rings (SSSR count). The van der Waals surface area contributed by atoms with Gasteiger partial charge >= 0.3 is 0 Å². The highest BCUT2D eigenvalue weighted by Gasteiger charge is 2.48. The normalized spacial score (nSPS) is 24.9. The summed E-state index contributed by atoms with van der Waals surface area (Å²) in [6, 6.07) is 1.82. The highest BCUT2D eigenvalue weighted by Crippen LogP contribution is 2.55. The van der Waals surface area contributed by atoms with Crippen LogP contribution in [0.25, 0.3) is 0 Å². The minimum Gasteiger partial charge on any atom is -0.397 e. The van der Waals surface area contributed by atoms with Crippen molar-refractivity contribution in [1.82, 2.24) is 10.2 Å². The Hall–Kier alpha value is -0.540. The fourth-order valence-corrected chi connectivity index (χ4v) is 2.11. The summed E-state index contributed by atoms with van der Waals surface area (Å²) in [6.45, 7) is 0. The van der Waals surface area contributed by atoms with E-state index in [4.69, 9.17) is 28.9 Å². The molecule has 0 atom stereocenters. The van der Waals surface area contributed by atoms with Crippen molar-refractivity contribution in [2.24, 2.45) is 0 Å². The zero-order chi connectivity index (χ0) is 10.7. The smallest absolute Gasteiger partial charge is 0.107 e. The average Bonchev–Trinajstić information content (AvgIpc) is 3.07. The maximum absolute atomic E-state index is 6.24. The second-order valence-corrected chi connectivity index (χ2v) is 5.91. The molecule has 2 fully saturated rings. The fourth-order valence-electron chi connectivity index (χ4n) is 1.69. The molecule has 80 valence electrons. The SMILES string of the molecule is Nc1cc(C2(Cl)CC2)nnc1C1(Cl)CC1. The predicted octanol–water partition coefficient (Wildman–Crippen LogP) is 2.51. The summed E-state index contributed by atoms with van der Waals surface area (Å²) in [5.74, 6) is 0. The Morgan fingerprint density at radius 1 is 1.07 bits per heavy atom. The van der Waals surface area contributed by atoms with Gasteiger partial charge < -0.3 is 5.73 Å². The van der Waals surface area contributed by atoms with E-state index in [2.05, 4.69) is 10.2 Å². The van der Waals surface area contributed by atoms with Gasteiger partial charge in [-0.2, -0.15) is 10.2 Å². The predicted molar refractivity (Wildman–Crippen MR) is 60.0 cm³/mol. The summed E-state index contributed by atoms with van der Waals surface area (Å²) < 4.78 is 0. The van der Waals surface area contributed by atoms with E-state index in [1.165, 1.54) is 0 Å². The molecule has 2 N–H and O–H groups in total. The molecule has 0 amide bonds. The molecule has 0 aliphatic heterocycles. The van der Waals surface area contributed by atoms with Crippen LogP contribution in [0.4, 0.5) is 5.69 Å². The molecule has 0 aromatic carbocycles. The van der Waals surface area contributed by atoms with Crippen molar-refractivity contribution in [3.8, 4) is 0 Å². The van der Waals surface area contributed by atoms with Gasteiger partial charge in [0.25, 0.3) is 0 Å². The molecule has 1 aromatic heterocycles. The standard InChI is InChI=1S/C10H11Cl2N3/c11-9(1-2-9)7-5-6(13)8(15-14-7)10(12)3-4-10/h5H,1-4H2,(H2,13,14). The third-order valence-corrected chi connectivity index (χ3v) is 4.21. The summed E-state index contributed by atoms with van der Waals surface area (Å²) in [4.78, 5) is -0.651. The van der Waals surface area contributed by atoms with Gasteiger partial charge in [-0.1, -0.05) is 0 Å². The van der Waals surface area contributed by atoms with E-state index in [1.807, 2.05) is 6.07 Å². The van der Waals surface area contributed by atoms with Crippen molar-refractivity contribution in [2.75, 3.05) is 5.73 Å². The molecular formula is C10H11Cl2N3. The number of rotatable bonds is 2. The first-order valence-corrected chi connectivity index (χ1v) is 5.81. The summed E-state index contributed by atoms with van der Waals surface area (Å²) in [6.07, 6.45) is 3.76. The van der Waals surface area contributed by atoms with Crippen LogP contribution in [0.5, 0.6) is 0 Å². The molecule has 0 bridgehead atoms. The zero-order valence-electron chi connectivity index (χ0n) is 8.13. The molecule has 3 nitrogen and oxygen atoms in total. The van der Waals surface area contributed by atoms with Crippen LogP contribution in [-0.2, 0) is 9.75 Å². The molecule has 1 heterocycles. The molecule has 2 aliphatic carbocycles. The molecule has 0 saturated heterocycles. The van der Waals surface area contributed by atoms with E-state index < -0.39 is 0 Å². The summed E-state index contributed by atoms with van der Waals surface area (Å²) >= 11 is 12.5. The summed E-state index contributed by atoms with van der Waals surface area (Å²) in [5.41, 5.74) is 8.05. The lowest BCUT2D eigenvalue weighted by atomic mass is 10.2. The zero-order valence-corrected chi connectivity index (χ0v) is 9.65. The lowest BCUT2D eigenvalue weighted by molar-refractivity contribution is 0.804. The maximum atomic E-state index is 6.24. The first kappa shape index (κ1) is 9.67. The van der Waals surface area contributed by atoms with Gasteiger partial charge in [0, 0.05) is 0 Å². The minimum atomic E-state index is -0.349. The van der Waals surface area contributed by atoms with E-state index in [0.29, 0.717) is 11.4 Å². The van der Waals surface area contributed by atoms with Gasteiger partial charge in [-0.3, -0.25) is 0 Å². The van der Waals surface area contributed by atoms with Crippen molar-refractivity contribution in [3.05, 3.63) is 17.5 Å². The Morgan fingerprint density at radius 2 is 1.67 bits per heavy atom. The Morgan fingerprint density at radius 3 is 2.13 bits per heavy atom. The Labute approximate surface area is 98.0 Å². The van der Waals surface area contributed by atoms with Gasteiger partial charge in [0.1, 0.15) is 5.69 Å². The molecule has 5 heteroatoms. The van der Waals surface area contributed by atoms with Crippen LogP contribution in [0.1, 0.15) is 37.1 Å². The molecule has 0 spiro atoms. The maximum Gasteiger partial charge on any atom is 0.107 e. The van der Waals surface area contributed by atoms with E-state index >= 15 is 0 Å². The van der Waals surface area contributed by atoms with E-state index in [1.54, 1.807) is 0 Å². The molecule has 2 aliphatic rings. The number of hydrogen-bond acceptors (Lipinski definition) is 3. The lowest BCUT2D eigenvalue weighted by Gasteiger charge is -2.11.